The summed E-state index contributed by atoms with van der Waals surface area (Å²) in [6, 6.07) is 20.9. The minimum atomic E-state index is -3.95. The van der Waals surface area contributed by atoms with E-state index < -0.39 is 39.4 Å². The van der Waals surface area contributed by atoms with Crippen LogP contribution in [0.4, 0.5) is 5.69 Å². The Bertz CT molecular complexity index is 2060. The van der Waals surface area contributed by atoms with Gasteiger partial charge in [0.1, 0.15) is 12.6 Å². The molecule has 1 aliphatic heterocycles. The van der Waals surface area contributed by atoms with Crippen LogP contribution in [0.1, 0.15) is 43.9 Å². The number of aryl methyl sites for hydroxylation is 1. The average Bonchev–Trinajstić information content (AvgIpc) is 3.08. The molecule has 1 saturated heterocycles. The van der Waals surface area contributed by atoms with Crippen molar-refractivity contribution >= 4 is 32.8 Å². The van der Waals surface area contributed by atoms with Gasteiger partial charge in [-0.3, -0.25) is 14.2 Å². The number of piperazine rings is 1. The van der Waals surface area contributed by atoms with Gasteiger partial charge in [0, 0.05) is 49.5 Å². The van der Waals surface area contributed by atoms with Crippen molar-refractivity contribution in [2.45, 2.75) is 46.4 Å². The minimum Gasteiger partial charge on any atom is -0.480 e. The van der Waals surface area contributed by atoms with Gasteiger partial charge in [0.25, 0.3) is 15.8 Å². The van der Waals surface area contributed by atoms with Crippen molar-refractivity contribution in [1.82, 2.24) is 18.3 Å². The van der Waals surface area contributed by atoms with E-state index in [0.717, 1.165) is 21.5 Å². The number of nitrogens with one attached hydrogen (secondary N) is 1. The van der Waals surface area contributed by atoms with Crippen LogP contribution in [-0.4, -0.2) is 65.3 Å². The van der Waals surface area contributed by atoms with E-state index in [0.29, 0.717) is 42.5 Å². The van der Waals surface area contributed by atoms with E-state index in [1.165, 1.54) is 4.31 Å². The lowest BCUT2D eigenvalue weighted by molar-refractivity contribution is -0.140. The van der Waals surface area contributed by atoms with Crippen molar-refractivity contribution in [3.63, 3.8) is 0 Å². The lowest BCUT2D eigenvalue weighted by Crippen LogP contribution is -2.55. The predicted molar refractivity (Wildman–Crippen MR) is 184 cm³/mol. The molecule has 2 N–H and O–H groups in total. The first kappa shape index (κ1) is 34.4. The second-order valence-electron chi connectivity index (χ2n) is 11.9. The molecule has 252 valence electrons. The fourth-order valence-electron chi connectivity index (χ4n) is 5.49. The zero-order valence-corrected chi connectivity index (χ0v) is 27.9. The van der Waals surface area contributed by atoms with Gasteiger partial charge in [-0.2, -0.15) is 17.4 Å². The van der Waals surface area contributed by atoms with E-state index in [1.807, 2.05) is 61.5 Å². The second-order valence-corrected chi connectivity index (χ2v) is 13.6. The van der Waals surface area contributed by atoms with E-state index in [-0.39, 0.29) is 19.7 Å². The summed E-state index contributed by atoms with van der Waals surface area (Å²) in [7, 11) is -3.95. The van der Waals surface area contributed by atoms with E-state index in [9.17, 15) is 27.9 Å². The fourth-order valence-corrected chi connectivity index (χ4v) is 6.98. The summed E-state index contributed by atoms with van der Waals surface area (Å²) in [5, 5.41) is 9.71. The van der Waals surface area contributed by atoms with E-state index in [1.54, 1.807) is 36.6 Å². The first-order valence-electron chi connectivity index (χ1n) is 15.8. The van der Waals surface area contributed by atoms with Crippen LogP contribution in [-0.2, 0) is 28.2 Å². The number of nitrogens with zero attached hydrogens (tertiary/aromatic N) is 4. The Morgan fingerprint density at radius 3 is 2.21 bits per heavy atom. The van der Waals surface area contributed by atoms with Gasteiger partial charge in [-0.15, -0.1) is 0 Å². The maximum absolute atomic E-state index is 13.4. The molecule has 1 atom stereocenters. The van der Waals surface area contributed by atoms with Gasteiger partial charge >= 0.3 is 11.7 Å². The third-order valence-corrected chi connectivity index (χ3v) is 9.72. The summed E-state index contributed by atoms with van der Waals surface area (Å²) in [5.41, 5.74) is 2.54. The number of rotatable bonds is 11. The highest BCUT2D eigenvalue weighted by Gasteiger charge is 2.33. The third kappa shape index (κ3) is 7.79. The van der Waals surface area contributed by atoms with E-state index >= 15 is 0 Å². The van der Waals surface area contributed by atoms with Gasteiger partial charge in [-0.1, -0.05) is 67.7 Å². The monoisotopic (exact) mass is 673 g/mol. The molecule has 5 rings (SSSR count). The van der Waals surface area contributed by atoms with E-state index in [4.69, 9.17) is 4.84 Å². The molecular weight excluding hydrogens is 634 g/mol. The highest BCUT2D eigenvalue weighted by atomic mass is 32.2. The number of carboxylic acids is 1. The Labute approximate surface area is 279 Å². The number of hydrogen-bond donors (Lipinski definition) is 2. The van der Waals surface area contributed by atoms with Crippen molar-refractivity contribution in [2.24, 2.45) is 5.92 Å². The Balaban J connectivity index is 1.29. The Morgan fingerprint density at radius 2 is 1.58 bits per heavy atom. The third-order valence-electron chi connectivity index (χ3n) is 8.13. The highest BCUT2D eigenvalue weighted by molar-refractivity contribution is 7.87. The van der Waals surface area contributed by atoms with Gasteiger partial charge < -0.3 is 14.8 Å². The fraction of sp³-hybridized carbons (Fsp3) is 0.343. The van der Waals surface area contributed by atoms with Crippen LogP contribution in [0, 0.1) is 17.8 Å². The van der Waals surface area contributed by atoms with Crippen molar-refractivity contribution in [3.05, 3.63) is 110 Å². The molecule has 0 amide bonds. The summed E-state index contributed by atoms with van der Waals surface area (Å²) in [5.74, 6) is 4.64. The number of aliphatic carboxylic acids is 1. The quantitative estimate of drug-likeness (QED) is 0.232. The number of hydrogen-bond acceptors (Lipinski definition) is 7. The van der Waals surface area contributed by atoms with Gasteiger partial charge in [-0.05, 0) is 60.4 Å². The molecule has 0 aliphatic carbocycles. The first-order valence-corrected chi connectivity index (χ1v) is 17.3. The first-order chi connectivity index (χ1) is 23.0. The number of benzene rings is 3. The van der Waals surface area contributed by atoms with Gasteiger partial charge in [-0.25, -0.2) is 4.79 Å². The van der Waals surface area contributed by atoms with Crippen molar-refractivity contribution in [3.8, 4) is 11.8 Å². The Morgan fingerprint density at radius 1 is 0.938 bits per heavy atom. The zero-order valence-electron chi connectivity index (χ0n) is 27.1. The van der Waals surface area contributed by atoms with Crippen LogP contribution in [0.5, 0.6) is 0 Å². The van der Waals surface area contributed by atoms with Crippen LogP contribution in [0.3, 0.4) is 0 Å². The maximum atomic E-state index is 13.4. The normalized spacial score (nSPS) is 14.5. The molecule has 0 unspecified atom stereocenters. The van der Waals surface area contributed by atoms with E-state index in [2.05, 4.69) is 21.5 Å². The number of carbonyl (C=O) groups is 1. The van der Waals surface area contributed by atoms with Crippen LogP contribution in [0.2, 0.25) is 0 Å². The molecule has 13 heteroatoms. The molecule has 0 radical (unpaired) electrons. The molecule has 3 aromatic carbocycles. The molecule has 48 heavy (non-hydrogen) atoms. The lowest BCUT2D eigenvalue weighted by Gasteiger charge is -2.36. The van der Waals surface area contributed by atoms with Crippen LogP contribution in [0.15, 0.2) is 82.4 Å². The molecule has 4 aromatic rings. The summed E-state index contributed by atoms with van der Waals surface area (Å²) in [4.78, 5) is 45.9. The number of aromatic nitrogens is 2. The molecule has 1 aliphatic rings. The average molecular weight is 674 g/mol. The largest absolute Gasteiger partial charge is 0.480 e. The van der Waals surface area contributed by atoms with Crippen molar-refractivity contribution in [1.29, 1.82) is 0 Å². The number of anilines is 1. The zero-order chi connectivity index (χ0) is 34.4. The molecule has 12 nitrogen and oxygen atoms in total. The summed E-state index contributed by atoms with van der Waals surface area (Å²) < 4.78 is 31.6. The Hall–Kier alpha value is -4.90. The van der Waals surface area contributed by atoms with Gasteiger partial charge in [0.15, 0.2) is 0 Å². The van der Waals surface area contributed by atoms with Crippen LogP contribution in [0.25, 0.3) is 10.9 Å². The lowest BCUT2D eigenvalue weighted by atomic mass is 10.1. The molecular formula is C35H39N5O7S. The molecule has 0 saturated carbocycles. The smallest absolute Gasteiger partial charge is 0.365 e. The Kier molecular flexibility index (Phi) is 10.7. The van der Waals surface area contributed by atoms with Crippen molar-refractivity contribution < 1.29 is 23.2 Å². The maximum Gasteiger partial charge on any atom is 0.365 e. The van der Waals surface area contributed by atoms with Crippen molar-refractivity contribution in [2.75, 3.05) is 31.1 Å². The molecule has 0 bridgehead atoms. The topological polar surface area (TPSA) is 143 Å². The van der Waals surface area contributed by atoms with Gasteiger partial charge in [0.2, 0.25) is 0 Å². The SMILES string of the molecule is CCCn1c(=O)n(OCc2ccccc2)c(=O)c2cc(C#Cc3ccc(N4CCN(S(=O)(=O)N[C@@H](C(=O)O)C(C)C)CC4)cc3)ccc21. The summed E-state index contributed by atoms with van der Waals surface area (Å²) in [6.07, 6.45) is 0.695. The molecule has 1 aromatic heterocycles. The molecule has 1 fully saturated rings. The summed E-state index contributed by atoms with van der Waals surface area (Å²) >= 11 is 0. The minimum absolute atomic E-state index is 0.0701. The van der Waals surface area contributed by atoms with Gasteiger partial charge in [0.05, 0.1) is 10.9 Å². The summed E-state index contributed by atoms with van der Waals surface area (Å²) in [6.45, 7) is 7.08. The van der Waals surface area contributed by atoms with Crippen LogP contribution < -0.4 is 25.7 Å². The predicted octanol–water partition coefficient (Wildman–Crippen LogP) is 2.67. The number of carboxylic acid groups (broad SMARTS) is 1. The standard InChI is InChI=1S/C35H39N5O7S/c1-4-18-39-31-17-14-27(23-30(31)33(41)40(35(39)44)47-24-28-8-6-5-7-9-28)11-10-26-12-15-29(16-13-26)37-19-21-38(22-20-37)48(45,46)36-32(25(2)3)34(42)43/h5-9,12-17,23,25,32,36H,4,18-22,24H2,1-3H3,(H,42,43)/t32-/m1/s1. The number of fused-ring (bicyclic) bond motifs is 1. The molecule has 0 spiro atoms. The molecule has 2 heterocycles. The highest BCUT2D eigenvalue weighted by Crippen LogP contribution is 2.19. The second kappa shape index (κ2) is 14.9. The van der Waals surface area contributed by atoms with Crippen LogP contribution >= 0.6 is 0 Å².